The van der Waals surface area contributed by atoms with Crippen molar-refractivity contribution in [3.8, 4) is 0 Å². The topological polar surface area (TPSA) is 37.3 Å². The number of carbonyl (C=O) groups is 1. The molecule has 0 rings (SSSR count). The maximum absolute atomic E-state index is 8.78. The molecule has 0 aliphatic carbocycles. The molecule has 0 aliphatic rings. The molecule has 0 spiro atoms. The molecule has 2 nitrogen and oxygen atoms in total. The lowest BCUT2D eigenvalue weighted by Crippen LogP contribution is -1.83. The minimum absolute atomic E-state index is 1.33. The summed E-state index contributed by atoms with van der Waals surface area (Å²) in [5.41, 5.74) is 0. The van der Waals surface area contributed by atoms with Crippen molar-refractivity contribution in [1.82, 2.24) is 0 Å². The van der Waals surface area contributed by atoms with Crippen LogP contribution in [0.3, 0.4) is 0 Å². The van der Waals surface area contributed by atoms with E-state index in [-0.39, 0.29) is 0 Å². The van der Waals surface area contributed by atoms with E-state index in [9.17, 15) is 0 Å². The van der Waals surface area contributed by atoms with Crippen molar-refractivity contribution >= 4 is 13.7 Å². The average Bonchev–Trinajstić information content (AvgIpc) is 0.811. The van der Waals surface area contributed by atoms with Gasteiger partial charge < -0.3 is 5.11 Å². The van der Waals surface area contributed by atoms with Gasteiger partial charge in [0.05, 0.1) is 0 Å². The summed E-state index contributed by atoms with van der Waals surface area (Å²) in [6.45, 7) is 0. The second-order valence-electron chi connectivity index (χ2n) is 0.338. The van der Waals surface area contributed by atoms with Gasteiger partial charge in [-0.3, -0.25) is 4.79 Å². The van der Waals surface area contributed by atoms with Crippen LogP contribution in [-0.4, -0.2) is 18.8 Å². The average molecular weight is 55.8 g/mol. The van der Waals surface area contributed by atoms with Crippen LogP contribution in [0.1, 0.15) is 0 Å². The molecule has 0 unspecified atom stereocenters. The Bertz CT molecular complexity index is 29.0. The van der Waals surface area contributed by atoms with Gasteiger partial charge in [-0.15, -0.1) is 0 Å². The summed E-state index contributed by atoms with van der Waals surface area (Å²) in [7, 11) is 4.03. The largest absolute Gasteiger partial charge is 0.490 e. The highest BCUT2D eigenvalue weighted by atomic mass is 16.4. The predicted octanol–water partition coefficient (Wildman–Crippen LogP) is -0.167. The molecule has 0 heterocycles. The van der Waals surface area contributed by atoms with Crippen LogP contribution in [-0.2, 0) is 0 Å². The van der Waals surface area contributed by atoms with Gasteiger partial charge in [0.1, 0.15) is 0 Å². The summed E-state index contributed by atoms with van der Waals surface area (Å²) in [5, 5.41) is 7.19. The Labute approximate surface area is 24.8 Å². The molecule has 0 atom stereocenters. The van der Waals surface area contributed by atoms with Crippen molar-refractivity contribution in [3.05, 3.63) is 0 Å². The molecular formula is CHBO2. The minimum Gasteiger partial charge on any atom is -0.490 e. The van der Waals surface area contributed by atoms with E-state index in [0.29, 0.717) is 0 Å². The number of hydrogen-bond acceptors (Lipinski definition) is 1. The van der Waals surface area contributed by atoms with E-state index in [1.54, 1.807) is 0 Å². The van der Waals surface area contributed by atoms with Gasteiger partial charge in [0.25, 0.3) is 0 Å². The monoisotopic (exact) mass is 56.0 g/mol. The van der Waals surface area contributed by atoms with Gasteiger partial charge in [0.2, 0.25) is 13.7 Å². The summed E-state index contributed by atoms with van der Waals surface area (Å²) in [4.78, 5) is 8.78. The Morgan fingerprint density at radius 3 is 2.00 bits per heavy atom. The standard InChI is InChI=1S/CHBO2/c2-1(3)4/h(H,3,4). The molecule has 20 valence electrons. The van der Waals surface area contributed by atoms with Crippen LogP contribution < -0.4 is 0 Å². The molecule has 0 bridgehead atoms. The quantitative estimate of drug-likeness (QED) is 0.391. The van der Waals surface area contributed by atoms with E-state index in [2.05, 4.69) is 7.85 Å². The van der Waals surface area contributed by atoms with Gasteiger partial charge in [-0.2, -0.15) is 0 Å². The fourth-order valence-electron chi connectivity index (χ4n) is 0. The van der Waals surface area contributed by atoms with Crippen LogP contribution in [0.2, 0.25) is 0 Å². The Balaban J connectivity index is 2.80. The van der Waals surface area contributed by atoms with Crippen LogP contribution in [0.4, 0.5) is 4.79 Å². The van der Waals surface area contributed by atoms with E-state index in [4.69, 9.17) is 9.90 Å². The first-order valence-electron chi connectivity index (χ1n) is 0.716. The summed E-state index contributed by atoms with van der Waals surface area (Å²) in [6.07, 6.45) is 0. The Kier molecular flexibility index (Phi) is 0.821. The Morgan fingerprint density at radius 2 is 2.00 bits per heavy atom. The van der Waals surface area contributed by atoms with Crippen LogP contribution in [0.15, 0.2) is 0 Å². The highest BCUT2D eigenvalue weighted by Crippen LogP contribution is 1.41. The molecular weight excluding hydrogens is 54.8 g/mol. The van der Waals surface area contributed by atoms with Crippen molar-refractivity contribution in [1.29, 1.82) is 0 Å². The van der Waals surface area contributed by atoms with Crippen molar-refractivity contribution < 1.29 is 9.90 Å². The van der Waals surface area contributed by atoms with Gasteiger partial charge in [-0.1, -0.05) is 0 Å². The summed E-state index contributed by atoms with van der Waals surface area (Å²) in [6, 6.07) is 0. The normalized spacial score (nSPS) is 6.00. The predicted molar refractivity (Wildman–Crippen MR) is 13.8 cm³/mol. The highest BCUT2D eigenvalue weighted by molar-refractivity contribution is 6.54. The SMILES string of the molecule is [B]C(=O)O. The maximum Gasteiger partial charge on any atom is 0.233 e. The van der Waals surface area contributed by atoms with E-state index in [1.807, 2.05) is 0 Å². The molecule has 4 heavy (non-hydrogen) atoms. The third-order valence-corrected chi connectivity index (χ3v) is 0. The minimum atomic E-state index is -1.33. The van der Waals surface area contributed by atoms with Crippen molar-refractivity contribution in [3.63, 3.8) is 0 Å². The zero-order valence-corrected chi connectivity index (χ0v) is 1.93. The number of hydrogen-bond donors (Lipinski definition) is 1. The summed E-state index contributed by atoms with van der Waals surface area (Å²) in [5.74, 6) is -1.33. The summed E-state index contributed by atoms with van der Waals surface area (Å²) >= 11 is 0. The van der Waals surface area contributed by atoms with Crippen molar-refractivity contribution in [2.45, 2.75) is 0 Å². The lowest BCUT2D eigenvalue weighted by atomic mass is 10.2. The number of carboxylic acid groups (broad SMARTS) is 1. The molecule has 0 aromatic heterocycles. The van der Waals surface area contributed by atoms with Gasteiger partial charge in [-0.25, -0.2) is 0 Å². The molecule has 0 aromatic rings. The molecule has 0 amide bonds. The number of rotatable bonds is 0. The van der Waals surface area contributed by atoms with Gasteiger partial charge in [0, 0.05) is 0 Å². The molecule has 1 N–H and O–H groups in total. The fourth-order valence-corrected chi connectivity index (χ4v) is 0. The van der Waals surface area contributed by atoms with E-state index >= 15 is 0 Å². The molecule has 0 saturated heterocycles. The molecule has 2 radical (unpaired) electrons. The first kappa shape index (κ1) is 3.53. The van der Waals surface area contributed by atoms with E-state index < -0.39 is 5.87 Å². The first-order chi connectivity index (χ1) is 1.73. The molecule has 0 fully saturated rings. The fraction of sp³-hybridized carbons (Fsp3) is 0. The molecule has 0 aliphatic heterocycles. The zero-order valence-electron chi connectivity index (χ0n) is 1.93. The Morgan fingerprint density at radius 1 is 2.00 bits per heavy atom. The van der Waals surface area contributed by atoms with Gasteiger partial charge >= 0.3 is 0 Å². The van der Waals surface area contributed by atoms with E-state index in [0.717, 1.165) is 0 Å². The molecule has 0 aromatic carbocycles. The second-order valence-corrected chi connectivity index (χ2v) is 0.338. The third kappa shape index (κ3) is 2.03. The first-order valence-corrected chi connectivity index (χ1v) is 0.716. The smallest absolute Gasteiger partial charge is 0.233 e. The summed E-state index contributed by atoms with van der Waals surface area (Å²) < 4.78 is 0. The van der Waals surface area contributed by atoms with Crippen LogP contribution in [0.25, 0.3) is 0 Å². The van der Waals surface area contributed by atoms with Crippen molar-refractivity contribution in [2.24, 2.45) is 0 Å². The highest BCUT2D eigenvalue weighted by Gasteiger charge is 1.66. The van der Waals surface area contributed by atoms with E-state index in [1.165, 1.54) is 0 Å². The van der Waals surface area contributed by atoms with Crippen LogP contribution in [0.5, 0.6) is 0 Å². The second kappa shape index (κ2) is 0.929. The lowest BCUT2D eigenvalue weighted by molar-refractivity contribution is 0.220. The van der Waals surface area contributed by atoms with Crippen molar-refractivity contribution in [2.75, 3.05) is 0 Å². The Hall–Kier alpha value is -0.465. The maximum atomic E-state index is 8.78. The molecule has 3 heteroatoms. The van der Waals surface area contributed by atoms with Gasteiger partial charge in [-0.05, 0) is 0 Å². The lowest BCUT2D eigenvalue weighted by Gasteiger charge is -1.59. The van der Waals surface area contributed by atoms with Crippen LogP contribution >= 0.6 is 0 Å². The third-order valence-electron chi connectivity index (χ3n) is 0. The zero-order chi connectivity index (χ0) is 3.58. The molecule has 0 saturated carbocycles. The van der Waals surface area contributed by atoms with Gasteiger partial charge in [0.15, 0.2) is 0 Å². The van der Waals surface area contributed by atoms with Crippen LogP contribution in [0, 0.1) is 0 Å².